The number of hydrogen-bond acceptors (Lipinski definition) is 5. The molecule has 29 heavy (non-hydrogen) atoms. The van der Waals surface area contributed by atoms with Crippen molar-refractivity contribution in [2.45, 2.75) is 4.90 Å². The Hall–Kier alpha value is -2.81. The maximum Gasteiger partial charge on any atom is 0.255 e. The van der Waals surface area contributed by atoms with Crippen LogP contribution in [0.3, 0.4) is 0 Å². The molecule has 0 atom stereocenters. The van der Waals surface area contributed by atoms with E-state index in [0.717, 1.165) is 10.9 Å². The minimum atomic E-state index is -3.55. The summed E-state index contributed by atoms with van der Waals surface area (Å²) >= 11 is 0. The molecule has 3 aromatic rings. The number of sulfonamides is 1. The molecule has 4 rings (SSSR count). The first-order chi connectivity index (χ1) is 13.9. The highest BCUT2D eigenvalue weighted by Crippen LogP contribution is 2.20. The van der Waals surface area contributed by atoms with Gasteiger partial charge in [0.2, 0.25) is 10.0 Å². The van der Waals surface area contributed by atoms with Gasteiger partial charge < -0.3 is 10.2 Å². The quantitative estimate of drug-likeness (QED) is 0.714. The van der Waals surface area contributed by atoms with Gasteiger partial charge in [0.15, 0.2) is 0 Å². The largest absolute Gasteiger partial charge is 0.321 e. The molecule has 1 fully saturated rings. The normalized spacial score (nSPS) is 16.0. The summed E-state index contributed by atoms with van der Waals surface area (Å²) in [7, 11) is -1.57. The van der Waals surface area contributed by atoms with Crippen LogP contribution in [0.4, 0.5) is 5.69 Å². The molecule has 1 amide bonds. The molecular formula is C21H22N4O3S. The Morgan fingerprint density at radius 3 is 2.41 bits per heavy atom. The van der Waals surface area contributed by atoms with Crippen molar-refractivity contribution >= 4 is 32.5 Å². The van der Waals surface area contributed by atoms with Crippen LogP contribution < -0.4 is 5.32 Å². The number of amides is 1. The molecule has 1 saturated heterocycles. The van der Waals surface area contributed by atoms with Gasteiger partial charge >= 0.3 is 0 Å². The SMILES string of the molecule is CN1CCN(S(=O)(=O)c2ccc(C(=O)Nc3cnc4ccccc4c3)cc2)CC1. The Morgan fingerprint density at radius 2 is 1.69 bits per heavy atom. The highest BCUT2D eigenvalue weighted by atomic mass is 32.2. The average molecular weight is 410 g/mol. The zero-order valence-electron chi connectivity index (χ0n) is 16.1. The standard InChI is InChI=1S/C21H22N4O3S/c1-24-10-12-25(13-11-24)29(27,28)19-8-6-16(7-9-19)21(26)23-18-14-17-4-2-3-5-20(17)22-15-18/h2-9,14-15H,10-13H2,1H3,(H,23,26). The fourth-order valence-corrected chi connectivity index (χ4v) is 4.72. The molecule has 2 aromatic carbocycles. The first-order valence-corrected chi connectivity index (χ1v) is 10.8. The highest BCUT2D eigenvalue weighted by Gasteiger charge is 2.27. The summed E-state index contributed by atoms with van der Waals surface area (Å²) in [4.78, 5) is 19.2. The molecule has 150 valence electrons. The number of likely N-dealkylation sites (N-methyl/N-ethyl adjacent to an activating group) is 1. The topological polar surface area (TPSA) is 82.6 Å². The predicted octanol–water partition coefficient (Wildman–Crippen LogP) is 2.42. The maximum atomic E-state index is 12.8. The van der Waals surface area contributed by atoms with Crippen molar-refractivity contribution in [2.24, 2.45) is 0 Å². The lowest BCUT2D eigenvalue weighted by Crippen LogP contribution is -2.47. The Labute approximate surface area is 170 Å². The second kappa shape index (κ2) is 7.90. The van der Waals surface area contributed by atoms with E-state index in [2.05, 4.69) is 15.2 Å². The van der Waals surface area contributed by atoms with Gasteiger partial charge in [0.25, 0.3) is 5.91 Å². The number of pyridine rings is 1. The van der Waals surface area contributed by atoms with Crippen LogP contribution >= 0.6 is 0 Å². The Kier molecular flexibility index (Phi) is 5.31. The van der Waals surface area contributed by atoms with E-state index in [4.69, 9.17) is 0 Å². The number of aromatic nitrogens is 1. The van der Waals surface area contributed by atoms with E-state index in [-0.39, 0.29) is 10.8 Å². The van der Waals surface area contributed by atoms with Gasteiger partial charge in [-0.3, -0.25) is 9.78 Å². The smallest absolute Gasteiger partial charge is 0.255 e. The van der Waals surface area contributed by atoms with Crippen molar-refractivity contribution in [2.75, 3.05) is 38.5 Å². The minimum Gasteiger partial charge on any atom is -0.321 e. The number of piperazine rings is 1. The highest BCUT2D eigenvalue weighted by molar-refractivity contribution is 7.89. The fourth-order valence-electron chi connectivity index (χ4n) is 3.30. The van der Waals surface area contributed by atoms with E-state index in [1.165, 1.54) is 28.6 Å². The van der Waals surface area contributed by atoms with Crippen LogP contribution in [-0.2, 0) is 10.0 Å². The van der Waals surface area contributed by atoms with Gasteiger partial charge in [0, 0.05) is 37.1 Å². The zero-order chi connectivity index (χ0) is 20.4. The van der Waals surface area contributed by atoms with Crippen molar-refractivity contribution < 1.29 is 13.2 Å². The van der Waals surface area contributed by atoms with Gasteiger partial charge in [-0.15, -0.1) is 0 Å². The molecule has 2 heterocycles. The van der Waals surface area contributed by atoms with Crippen molar-refractivity contribution in [3.8, 4) is 0 Å². The van der Waals surface area contributed by atoms with Crippen LogP contribution in [0.5, 0.6) is 0 Å². The van der Waals surface area contributed by atoms with Crippen LogP contribution in [0.2, 0.25) is 0 Å². The van der Waals surface area contributed by atoms with E-state index in [1.54, 1.807) is 6.20 Å². The van der Waals surface area contributed by atoms with Gasteiger partial charge in [-0.25, -0.2) is 8.42 Å². The van der Waals surface area contributed by atoms with Gasteiger partial charge in [-0.05, 0) is 43.4 Å². The van der Waals surface area contributed by atoms with Gasteiger partial charge in [0.1, 0.15) is 0 Å². The molecule has 0 radical (unpaired) electrons. The van der Waals surface area contributed by atoms with Crippen molar-refractivity contribution in [3.05, 3.63) is 66.4 Å². The van der Waals surface area contributed by atoms with E-state index in [1.807, 2.05) is 37.4 Å². The summed E-state index contributed by atoms with van der Waals surface area (Å²) in [5, 5.41) is 3.74. The number of para-hydroxylation sites is 1. The summed E-state index contributed by atoms with van der Waals surface area (Å²) in [5.41, 5.74) is 1.82. The third-order valence-corrected chi connectivity index (χ3v) is 6.98. The molecule has 1 N–H and O–H groups in total. The number of nitrogens with zero attached hydrogens (tertiary/aromatic N) is 3. The maximum absolute atomic E-state index is 12.8. The van der Waals surface area contributed by atoms with Gasteiger partial charge in [-0.2, -0.15) is 4.31 Å². The number of anilines is 1. The van der Waals surface area contributed by atoms with Crippen molar-refractivity contribution in [1.82, 2.24) is 14.2 Å². The third-order valence-electron chi connectivity index (χ3n) is 5.06. The van der Waals surface area contributed by atoms with E-state index >= 15 is 0 Å². The van der Waals surface area contributed by atoms with Crippen LogP contribution in [-0.4, -0.2) is 61.7 Å². The number of carbonyl (C=O) groups excluding carboxylic acids is 1. The first kappa shape index (κ1) is 19.5. The van der Waals surface area contributed by atoms with E-state index in [0.29, 0.717) is 37.4 Å². The molecule has 1 aliphatic heterocycles. The molecule has 1 aromatic heterocycles. The lowest BCUT2D eigenvalue weighted by Gasteiger charge is -2.31. The minimum absolute atomic E-state index is 0.200. The Balaban J connectivity index is 1.48. The lowest BCUT2D eigenvalue weighted by atomic mass is 10.2. The summed E-state index contributed by atoms with van der Waals surface area (Å²) in [6.07, 6.45) is 1.60. The summed E-state index contributed by atoms with van der Waals surface area (Å²) in [6.45, 7) is 2.35. The van der Waals surface area contributed by atoms with Crippen LogP contribution in [0.1, 0.15) is 10.4 Å². The third kappa shape index (κ3) is 4.14. The summed E-state index contributed by atoms with van der Waals surface area (Å²) in [6, 6.07) is 15.5. The van der Waals surface area contributed by atoms with Crippen LogP contribution in [0.25, 0.3) is 10.9 Å². The Bertz CT molecular complexity index is 1140. The second-order valence-corrected chi connectivity index (χ2v) is 9.04. The summed E-state index contributed by atoms with van der Waals surface area (Å²) in [5.74, 6) is -0.314. The number of carbonyl (C=O) groups is 1. The number of rotatable bonds is 4. The molecule has 7 nitrogen and oxygen atoms in total. The average Bonchev–Trinajstić information content (AvgIpc) is 2.74. The second-order valence-electron chi connectivity index (χ2n) is 7.10. The van der Waals surface area contributed by atoms with Gasteiger partial charge in [-0.1, -0.05) is 18.2 Å². The van der Waals surface area contributed by atoms with Crippen LogP contribution in [0, 0.1) is 0 Å². The predicted molar refractivity (Wildman–Crippen MR) is 112 cm³/mol. The number of nitrogens with one attached hydrogen (secondary N) is 1. The first-order valence-electron chi connectivity index (χ1n) is 9.38. The van der Waals surface area contributed by atoms with Crippen LogP contribution in [0.15, 0.2) is 65.7 Å². The number of hydrogen-bond donors (Lipinski definition) is 1. The monoisotopic (exact) mass is 410 g/mol. The molecule has 8 heteroatoms. The number of fused-ring (bicyclic) bond motifs is 1. The molecule has 0 unspecified atom stereocenters. The molecule has 1 aliphatic rings. The van der Waals surface area contributed by atoms with Crippen molar-refractivity contribution in [1.29, 1.82) is 0 Å². The summed E-state index contributed by atoms with van der Waals surface area (Å²) < 4.78 is 27.1. The Morgan fingerprint density at radius 1 is 1.00 bits per heavy atom. The fraction of sp³-hybridized carbons (Fsp3) is 0.238. The molecule has 0 spiro atoms. The van der Waals surface area contributed by atoms with Gasteiger partial charge in [0.05, 0.1) is 22.3 Å². The zero-order valence-corrected chi connectivity index (χ0v) is 16.9. The molecular weight excluding hydrogens is 388 g/mol. The molecule has 0 aliphatic carbocycles. The lowest BCUT2D eigenvalue weighted by molar-refractivity contribution is 0.102. The molecule has 0 saturated carbocycles. The van der Waals surface area contributed by atoms with Crippen molar-refractivity contribution in [3.63, 3.8) is 0 Å². The van der Waals surface area contributed by atoms with E-state index in [9.17, 15) is 13.2 Å². The molecule has 0 bridgehead atoms. The number of benzene rings is 2. The van der Waals surface area contributed by atoms with E-state index < -0.39 is 10.0 Å².